The van der Waals surface area contributed by atoms with Crippen LogP contribution in [0.4, 0.5) is 0 Å². The molecule has 0 saturated carbocycles. The fraction of sp³-hybridized carbons (Fsp3) is 0.556. The third-order valence-corrected chi connectivity index (χ3v) is 6.92. The molecule has 1 N–H and O–H groups in total. The Kier molecular flexibility index (Phi) is 5.82. The number of thioether (sulfide) groups is 1. The molecule has 6 nitrogen and oxygen atoms in total. The SMILES string of the molecule is CCc1cc2c(SC(C)C(=O)N3CCC(C(=O)O)CC3)nc(C)nc2s1. The van der Waals surface area contributed by atoms with Gasteiger partial charge in [0.1, 0.15) is 15.7 Å². The van der Waals surface area contributed by atoms with Crippen molar-refractivity contribution in [3.63, 3.8) is 0 Å². The maximum atomic E-state index is 12.8. The van der Waals surface area contributed by atoms with Gasteiger partial charge in [-0.1, -0.05) is 18.7 Å². The number of carbonyl (C=O) groups excluding carboxylic acids is 1. The summed E-state index contributed by atoms with van der Waals surface area (Å²) in [6.45, 7) is 6.91. The predicted molar refractivity (Wildman–Crippen MR) is 104 cm³/mol. The highest BCUT2D eigenvalue weighted by atomic mass is 32.2. The second kappa shape index (κ2) is 7.92. The van der Waals surface area contributed by atoms with Crippen molar-refractivity contribution in [1.29, 1.82) is 0 Å². The standard InChI is InChI=1S/C18H23N3O3S2/c1-4-13-9-14-15(19-11(3)20-16(14)26-13)25-10(2)17(22)21-7-5-12(6-8-21)18(23)24/h9-10,12H,4-8H2,1-3H3,(H,23,24). The van der Waals surface area contributed by atoms with Crippen molar-refractivity contribution in [3.8, 4) is 0 Å². The minimum atomic E-state index is -0.762. The van der Waals surface area contributed by atoms with Crippen LogP contribution >= 0.6 is 23.1 Å². The predicted octanol–water partition coefficient (Wildman–Crippen LogP) is 3.37. The van der Waals surface area contributed by atoms with Crippen molar-refractivity contribution in [2.24, 2.45) is 5.92 Å². The molecule has 0 spiro atoms. The number of carboxylic acid groups (broad SMARTS) is 1. The monoisotopic (exact) mass is 393 g/mol. The van der Waals surface area contributed by atoms with Gasteiger partial charge >= 0.3 is 5.97 Å². The number of aliphatic carboxylic acids is 1. The summed E-state index contributed by atoms with van der Waals surface area (Å²) in [5.41, 5.74) is 0. The maximum Gasteiger partial charge on any atom is 0.306 e. The zero-order valence-electron chi connectivity index (χ0n) is 15.2. The van der Waals surface area contributed by atoms with Crippen molar-refractivity contribution >= 4 is 45.2 Å². The zero-order chi connectivity index (χ0) is 18.8. The van der Waals surface area contributed by atoms with Crippen molar-refractivity contribution in [1.82, 2.24) is 14.9 Å². The van der Waals surface area contributed by atoms with E-state index in [1.165, 1.54) is 16.6 Å². The van der Waals surface area contributed by atoms with E-state index in [4.69, 9.17) is 5.11 Å². The topological polar surface area (TPSA) is 83.4 Å². The molecule has 1 fully saturated rings. The number of aromatic nitrogens is 2. The normalized spacial score (nSPS) is 16.8. The fourth-order valence-corrected chi connectivity index (χ4v) is 5.26. The first-order valence-electron chi connectivity index (χ1n) is 8.84. The largest absolute Gasteiger partial charge is 0.481 e. The summed E-state index contributed by atoms with van der Waals surface area (Å²) in [7, 11) is 0. The Morgan fingerprint density at radius 2 is 2.08 bits per heavy atom. The van der Waals surface area contributed by atoms with E-state index in [1.807, 2.05) is 13.8 Å². The van der Waals surface area contributed by atoms with Crippen LogP contribution in [0.25, 0.3) is 10.2 Å². The summed E-state index contributed by atoms with van der Waals surface area (Å²) < 4.78 is 0. The Labute approximate surface area is 161 Å². The summed E-state index contributed by atoms with van der Waals surface area (Å²) in [5, 5.41) is 10.7. The first-order valence-corrected chi connectivity index (χ1v) is 10.5. The number of piperidine rings is 1. The van der Waals surface area contributed by atoms with Gasteiger partial charge in [0.15, 0.2) is 0 Å². The number of thiophene rings is 1. The van der Waals surface area contributed by atoms with Crippen LogP contribution < -0.4 is 0 Å². The molecule has 2 aromatic rings. The Hall–Kier alpha value is -1.67. The molecule has 3 heterocycles. The van der Waals surface area contributed by atoms with E-state index in [9.17, 15) is 9.59 Å². The van der Waals surface area contributed by atoms with Gasteiger partial charge in [-0.05, 0) is 39.2 Å². The average Bonchev–Trinajstić information content (AvgIpc) is 3.04. The van der Waals surface area contributed by atoms with Gasteiger partial charge in [0.25, 0.3) is 0 Å². The molecule has 0 aliphatic carbocycles. The molecular weight excluding hydrogens is 370 g/mol. The first-order chi connectivity index (χ1) is 12.4. The number of carbonyl (C=O) groups is 2. The number of likely N-dealkylation sites (tertiary alicyclic amines) is 1. The first kappa shape index (κ1) is 19.1. The fourth-order valence-electron chi connectivity index (χ4n) is 3.13. The van der Waals surface area contributed by atoms with Crippen LogP contribution in [0.1, 0.15) is 37.4 Å². The molecule has 1 atom stereocenters. The van der Waals surface area contributed by atoms with E-state index in [1.54, 1.807) is 16.2 Å². The molecule has 2 aromatic heterocycles. The van der Waals surface area contributed by atoms with Gasteiger partial charge in [0, 0.05) is 23.4 Å². The summed E-state index contributed by atoms with van der Waals surface area (Å²) in [5.74, 6) is -0.326. The van der Waals surface area contributed by atoms with Crippen LogP contribution in [0.5, 0.6) is 0 Å². The summed E-state index contributed by atoms with van der Waals surface area (Å²) in [6, 6.07) is 2.12. The number of carboxylic acids is 1. The molecule has 1 saturated heterocycles. The third-order valence-electron chi connectivity index (χ3n) is 4.66. The van der Waals surface area contributed by atoms with Crippen LogP contribution in [0, 0.1) is 12.8 Å². The average molecular weight is 394 g/mol. The number of aryl methyl sites for hydroxylation is 2. The maximum absolute atomic E-state index is 12.8. The quantitative estimate of drug-likeness (QED) is 0.619. The van der Waals surface area contributed by atoms with E-state index in [-0.39, 0.29) is 17.1 Å². The zero-order valence-corrected chi connectivity index (χ0v) is 16.8. The Morgan fingerprint density at radius 1 is 1.38 bits per heavy atom. The molecule has 0 bridgehead atoms. The highest BCUT2D eigenvalue weighted by Crippen LogP contribution is 2.34. The van der Waals surface area contributed by atoms with E-state index >= 15 is 0 Å². The number of hydrogen-bond donors (Lipinski definition) is 1. The summed E-state index contributed by atoms with van der Waals surface area (Å²) >= 11 is 3.14. The molecule has 0 radical (unpaired) electrons. The van der Waals surface area contributed by atoms with Crippen LogP contribution in [0.2, 0.25) is 0 Å². The number of amides is 1. The summed E-state index contributed by atoms with van der Waals surface area (Å²) in [4.78, 5) is 36.9. The Bertz CT molecular complexity index is 828. The number of nitrogens with zero attached hydrogens (tertiary/aromatic N) is 3. The number of rotatable bonds is 5. The van der Waals surface area contributed by atoms with Gasteiger partial charge < -0.3 is 10.0 Å². The molecule has 3 rings (SSSR count). The molecule has 1 amide bonds. The summed E-state index contributed by atoms with van der Waals surface area (Å²) in [6.07, 6.45) is 2.01. The smallest absolute Gasteiger partial charge is 0.306 e. The van der Waals surface area contributed by atoms with Gasteiger partial charge in [0.2, 0.25) is 5.91 Å². The lowest BCUT2D eigenvalue weighted by Crippen LogP contribution is -2.43. The van der Waals surface area contributed by atoms with Gasteiger partial charge in [-0.2, -0.15) is 0 Å². The van der Waals surface area contributed by atoms with Gasteiger partial charge in [0.05, 0.1) is 11.2 Å². The highest BCUT2D eigenvalue weighted by Gasteiger charge is 2.30. The number of fused-ring (bicyclic) bond motifs is 1. The van der Waals surface area contributed by atoms with Crippen LogP contribution in [0.3, 0.4) is 0 Å². The van der Waals surface area contributed by atoms with E-state index in [0.717, 1.165) is 21.7 Å². The molecular formula is C18H23N3O3S2. The van der Waals surface area contributed by atoms with Crippen molar-refractivity contribution in [2.45, 2.75) is 50.3 Å². The lowest BCUT2D eigenvalue weighted by Gasteiger charge is -2.31. The van der Waals surface area contributed by atoms with Crippen LogP contribution in [-0.4, -0.2) is 50.2 Å². The van der Waals surface area contributed by atoms with Crippen molar-refractivity contribution in [3.05, 3.63) is 16.8 Å². The number of hydrogen-bond acceptors (Lipinski definition) is 6. The minimum absolute atomic E-state index is 0.0502. The van der Waals surface area contributed by atoms with Crippen molar-refractivity contribution < 1.29 is 14.7 Å². The van der Waals surface area contributed by atoms with Gasteiger partial charge in [-0.15, -0.1) is 11.3 Å². The van der Waals surface area contributed by atoms with Crippen LogP contribution in [-0.2, 0) is 16.0 Å². The molecule has 1 unspecified atom stereocenters. The molecule has 1 aliphatic rings. The second-order valence-electron chi connectivity index (χ2n) is 6.56. The van der Waals surface area contributed by atoms with Gasteiger partial charge in [-0.25, -0.2) is 9.97 Å². The van der Waals surface area contributed by atoms with E-state index < -0.39 is 5.97 Å². The molecule has 8 heteroatoms. The highest BCUT2D eigenvalue weighted by molar-refractivity contribution is 8.00. The van der Waals surface area contributed by atoms with Crippen LogP contribution in [0.15, 0.2) is 11.1 Å². The van der Waals surface area contributed by atoms with E-state index in [2.05, 4.69) is 23.0 Å². The molecule has 26 heavy (non-hydrogen) atoms. The van der Waals surface area contributed by atoms with Gasteiger partial charge in [-0.3, -0.25) is 9.59 Å². The lowest BCUT2D eigenvalue weighted by atomic mass is 9.97. The molecule has 1 aliphatic heterocycles. The molecule has 0 aromatic carbocycles. The van der Waals surface area contributed by atoms with Crippen molar-refractivity contribution in [2.75, 3.05) is 13.1 Å². The van der Waals surface area contributed by atoms with E-state index in [0.29, 0.717) is 31.8 Å². The lowest BCUT2D eigenvalue weighted by molar-refractivity contribution is -0.145. The second-order valence-corrected chi connectivity index (χ2v) is 9.00. The minimum Gasteiger partial charge on any atom is -0.481 e. The Balaban J connectivity index is 1.72. The molecule has 140 valence electrons. The Morgan fingerprint density at radius 3 is 2.69 bits per heavy atom. The third kappa shape index (κ3) is 4.01.